The predicted molar refractivity (Wildman–Crippen MR) is 83.0 cm³/mol. The number of carbonyl (C=O) groups is 1. The first-order valence-electron chi connectivity index (χ1n) is 7.19. The Hall–Kier alpha value is -2.89. The standard InChI is InChI=1S/C16H15N5O/c22-16-9-17-13-6-2-1-5-12(13)10-20(16)11-21-15-8-4-3-7-14(15)18-19-21/h1-8,17H,9-11H2. The number of fused-ring (bicyclic) bond motifs is 2. The Morgan fingerprint density at radius 3 is 2.86 bits per heavy atom. The van der Waals surface area contributed by atoms with E-state index in [1.165, 1.54) is 0 Å². The molecule has 0 atom stereocenters. The molecule has 1 aliphatic heterocycles. The first-order chi connectivity index (χ1) is 10.8. The highest BCUT2D eigenvalue weighted by molar-refractivity contribution is 5.82. The summed E-state index contributed by atoms with van der Waals surface area (Å²) in [7, 11) is 0. The molecule has 110 valence electrons. The normalized spacial score (nSPS) is 14.5. The zero-order chi connectivity index (χ0) is 14.9. The average Bonchev–Trinajstić information content (AvgIpc) is 2.88. The molecule has 0 radical (unpaired) electrons. The Kier molecular flexibility index (Phi) is 3.00. The smallest absolute Gasteiger partial charge is 0.243 e. The summed E-state index contributed by atoms with van der Waals surface area (Å²) in [5.41, 5.74) is 3.89. The maximum Gasteiger partial charge on any atom is 0.243 e. The Morgan fingerprint density at radius 2 is 1.91 bits per heavy atom. The molecule has 22 heavy (non-hydrogen) atoms. The van der Waals surface area contributed by atoms with E-state index >= 15 is 0 Å². The van der Waals surface area contributed by atoms with E-state index in [9.17, 15) is 4.79 Å². The maximum absolute atomic E-state index is 12.3. The van der Waals surface area contributed by atoms with Crippen LogP contribution in [-0.2, 0) is 18.0 Å². The molecule has 0 saturated carbocycles. The Morgan fingerprint density at radius 1 is 1.09 bits per heavy atom. The third-order valence-electron chi connectivity index (χ3n) is 3.89. The van der Waals surface area contributed by atoms with Gasteiger partial charge in [0.2, 0.25) is 5.91 Å². The predicted octanol–water partition coefficient (Wildman–Crippen LogP) is 1.84. The van der Waals surface area contributed by atoms with Crippen LogP contribution in [0.5, 0.6) is 0 Å². The van der Waals surface area contributed by atoms with Gasteiger partial charge in [-0.3, -0.25) is 4.79 Å². The van der Waals surface area contributed by atoms with Gasteiger partial charge in [-0.1, -0.05) is 35.5 Å². The fraction of sp³-hybridized carbons (Fsp3) is 0.188. The second-order valence-electron chi connectivity index (χ2n) is 5.32. The van der Waals surface area contributed by atoms with E-state index in [2.05, 4.69) is 15.6 Å². The van der Waals surface area contributed by atoms with E-state index in [4.69, 9.17) is 0 Å². The lowest BCUT2D eigenvalue weighted by molar-refractivity contribution is -0.131. The molecule has 0 fully saturated rings. The zero-order valence-electron chi connectivity index (χ0n) is 11.9. The molecule has 6 nitrogen and oxygen atoms in total. The number of aromatic nitrogens is 3. The van der Waals surface area contributed by atoms with Gasteiger partial charge in [-0.2, -0.15) is 0 Å². The zero-order valence-corrected chi connectivity index (χ0v) is 11.9. The van der Waals surface area contributed by atoms with Gasteiger partial charge >= 0.3 is 0 Å². The van der Waals surface area contributed by atoms with Crippen molar-refractivity contribution in [2.24, 2.45) is 0 Å². The average molecular weight is 293 g/mol. The Balaban J connectivity index is 1.65. The van der Waals surface area contributed by atoms with Crippen molar-refractivity contribution >= 4 is 22.6 Å². The molecule has 1 N–H and O–H groups in total. The first kappa shape index (κ1) is 12.8. The summed E-state index contributed by atoms with van der Waals surface area (Å²) >= 11 is 0. The van der Waals surface area contributed by atoms with Gasteiger partial charge in [0.1, 0.15) is 12.2 Å². The quantitative estimate of drug-likeness (QED) is 0.783. The molecule has 0 spiro atoms. The molecular formula is C16H15N5O. The third-order valence-corrected chi connectivity index (χ3v) is 3.89. The van der Waals surface area contributed by atoms with Crippen molar-refractivity contribution in [2.75, 3.05) is 11.9 Å². The van der Waals surface area contributed by atoms with Crippen LogP contribution in [0.3, 0.4) is 0 Å². The SMILES string of the molecule is O=C1CNc2ccccc2CN1Cn1nnc2ccccc21. The number of para-hydroxylation sites is 2. The molecular weight excluding hydrogens is 278 g/mol. The van der Waals surface area contributed by atoms with Crippen LogP contribution < -0.4 is 5.32 Å². The molecule has 4 rings (SSSR count). The minimum atomic E-state index is 0.0516. The van der Waals surface area contributed by atoms with Gasteiger partial charge in [-0.25, -0.2) is 4.68 Å². The molecule has 2 heterocycles. The van der Waals surface area contributed by atoms with E-state index in [0.717, 1.165) is 22.3 Å². The summed E-state index contributed by atoms with van der Waals surface area (Å²) in [5, 5.41) is 11.5. The number of nitrogens with one attached hydrogen (secondary N) is 1. The molecule has 1 aromatic heterocycles. The molecule has 1 aliphatic rings. The second-order valence-corrected chi connectivity index (χ2v) is 5.32. The molecule has 2 aromatic carbocycles. The summed E-state index contributed by atoms with van der Waals surface area (Å²) < 4.78 is 1.77. The Bertz CT molecular complexity index is 841. The topological polar surface area (TPSA) is 63.1 Å². The first-order valence-corrected chi connectivity index (χ1v) is 7.19. The largest absolute Gasteiger partial charge is 0.376 e. The monoisotopic (exact) mass is 293 g/mol. The minimum absolute atomic E-state index is 0.0516. The fourth-order valence-electron chi connectivity index (χ4n) is 2.72. The van der Waals surface area contributed by atoms with Crippen LogP contribution in [-0.4, -0.2) is 32.3 Å². The highest BCUT2D eigenvalue weighted by Gasteiger charge is 2.21. The van der Waals surface area contributed by atoms with Gasteiger partial charge in [0.15, 0.2) is 0 Å². The fourth-order valence-corrected chi connectivity index (χ4v) is 2.72. The van der Waals surface area contributed by atoms with Crippen molar-refractivity contribution in [1.82, 2.24) is 19.9 Å². The molecule has 3 aromatic rings. The van der Waals surface area contributed by atoms with Crippen LogP contribution in [0.15, 0.2) is 48.5 Å². The van der Waals surface area contributed by atoms with Crippen LogP contribution in [0.25, 0.3) is 11.0 Å². The third kappa shape index (κ3) is 2.18. The highest BCUT2D eigenvalue weighted by Crippen LogP contribution is 2.21. The van der Waals surface area contributed by atoms with Crippen molar-refractivity contribution < 1.29 is 4.79 Å². The maximum atomic E-state index is 12.3. The van der Waals surface area contributed by atoms with Crippen LogP contribution in [0.4, 0.5) is 5.69 Å². The van der Waals surface area contributed by atoms with Crippen LogP contribution >= 0.6 is 0 Å². The Labute approximate surface area is 127 Å². The lowest BCUT2D eigenvalue weighted by atomic mass is 10.2. The number of nitrogens with zero attached hydrogens (tertiary/aromatic N) is 4. The summed E-state index contributed by atoms with van der Waals surface area (Å²) in [6, 6.07) is 15.7. The van der Waals surface area contributed by atoms with Gasteiger partial charge in [0, 0.05) is 12.2 Å². The van der Waals surface area contributed by atoms with Crippen molar-refractivity contribution in [3.8, 4) is 0 Å². The lowest BCUT2D eigenvalue weighted by Gasteiger charge is -2.20. The number of hydrogen-bond acceptors (Lipinski definition) is 4. The van der Waals surface area contributed by atoms with Gasteiger partial charge in [0.25, 0.3) is 0 Å². The molecule has 0 saturated heterocycles. The number of benzene rings is 2. The minimum Gasteiger partial charge on any atom is -0.376 e. The van der Waals surface area contributed by atoms with Gasteiger partial charge < -0.3 is 10.2 Å². The van der Waals surface area contributed by atoms with Crippen molar-refractivity contribution in [1.29, 1.82) is 0 Å². The van der Waals surface area contributed by atoms with Crippen LogP contribution in [0.2, 0.25) is 0 Å². The van der Waals surface area contributed by atoms with Crippen molar-refractivity contribution in [3.63, 3.8) is 0 Å². The van der Waals surface area contributed by atoms with Crippen molar-refractivity contribution in [3.05, 3.63) is 54.1 Å². The van der Waals surface area contributed by atoms with Gasteiger partial charge in [-0.05, 0) is 23.8 Å². The van der Waals surface area contributed by atoms with E-state index in [0.29, 0.717) is 19.8 Å². The molecule has 0 bridgehead atoms. The van der Waals surface area contributed by atoms with E-state index in [-0.39, 0.29) is 5.91 Å². The number of hydrogen-bond donors (Lipinski definition) is 1. The van der Waals surface area contributed by atoms with E-state index < -0.39 is 0 Å². The van der Waals surface area contributed by atoms with Crippen LogP contribution in [0, 0.1) is 0 Å². The number of carbonyl (C=O) groups excluding carboxylic acids is 1. The van der Waals surface area contributed by atoms with Gasteiger partial charge in [-0.15, -0.1) is 5.10 Å². The number of amides is 1. The van der Waals surface area contributed by atoms with E-state index in [1.807, 2.05) is 48.5 Å². The highest BCUT2D eigenvalue weighted by atomic mass is 16.2. The van der Waals surface area contributed by atoms with Crippen LogP contribution in [0.1, 0.15) is 5.56 Å². The van der Waals surface area contributed by atoms with E-state index in [1.54, 1.807) is 9.58 Å². The second kappa shape index (κ2) is 5.14. The summed E-state index contributed by atoms with van der Waals surface area (Å²) in [6.07, 6.45) is 0. The van der Waals surface area contributed by atoms with Crippen molar-refractivity contribution in [2.45, 2.75) is 13.2 Å². The number of anilines is 1. The molecule has 6 heteroatoms. The summed E-state index contributed by atoms with van der Waals surface area (Å²) in [5.74, 6) is 0.0516. The molecule has 0 unspecified atom stereocenters. The van der Waals surface area contributed by atoms with Gasteiger partial charge in [0.05, 0.1) is 12.1 Å². The lowest BCUT2D eigenvalue weighted by Crippen LogP contribution is -2.34. The molecule has 1 amide bonds. The summed E-state index contributed by atoms with van der Waals surface area (Å²) in [4.78, 5) is 14.1. The number of rotatable bonds is 2. The molecule has 0 aliphatic carbocycles. The summed E-state index contributed by atoms with van der Waals surface area (Å²) in [6.45, 7) is 1.26.